The van der Waals surface area contributed by atoms with Crippen LogP contribution in [0.5, 0.6) is 0 Å². The summed E-state index contributed by atoms with van der Waals surface area (Å²) in [6.45, 7) is 0.512. The molecule has 2 aromatic carbocycles. The van der Waals surface area contributed by atoms with Crippen molar-refractivity contribution in [1.29, 1.82) is 0 Å². The van der Waals surface area contributed by atoms with Crippen LogP contribution in [0.3, 0.4) is 0 Å². The zero-order valence-electron chi connectivity index (χ0n) is 15.5. The molecule has 1 aliphatic heterocycles. The van der Waals surface area contributed by atoms with Gasteiger partial charge in [-0.05, 0) is 48.7 Å². The predicted molar refractivity (Wildman–Crippen MR) is 105 cm³/mol. The van der Waals surface area contributed by atoms with Crippen LogP contribution in [0.15, 0.2) is 46.2 Å². The lowest BCUT2D eigenvalue weighted by Gasteiger charge is -2.30. The zero-order valence-corrected chi connectivity index (χ0v) is 17.1. The molecule has 0 unspecified atom stereocenters. The van der Waals surface area contributed by atoms with E-state index in [4.69, 9.17) is 0 Å². The number of carbonyl (C=O) groups excluding carboxylic acids is 1. The molecule has 0 radical (unpaired) electrons. The first-order chi connectivity index (χ1) is 13.2. The molecule has 150 valence electrons. The van der Waals surface area contributed by atoms with Gasteiger partial charge >= 0.3 is 0 Å². The molecule has 0 bridgehead atoms. The fourth-order valence-electron chi connectivity index (χ4n) is 3.01. The molecule has 2 aromatic rings. The number of carbonyl (C=O) groups is 1. The Kier molecular flexibility index (Phi) is 6.07. The molecule has 1 heterocycles. The van der Waals surface area contributed by atoms with Crippen LogP contribution >= 0.6 is 11.8 Å². The van der Waals surface area contributed by atoms with Crippen LogP contribution in [-0.4, -0.2) is 45.0 Å². The number of anilines is 1. The maximum Gasteiger partial charge on any atom is 0.242 e. The van der Waals surface area contributed by atoms with Crippen molar-refractivity contribution < 1.29 is 22.0 Å². The summed E-state index contributed by atoms with van der Waals surface area (Å²) in [7, 11) is -0.612. The third-order valence-corrected chi connectivity index (χ3v) is 7.34. The molecule has 9 heteroatoms. The lowest BCUT2D eigenvalue weighted by atomic mass is 10.0. The van der Waals surface area contributed by atoms with Crippen LogP contribution in [0.1, 0.15) is 12.0 Å². The minimum Gasteiger partial charge on any atom is -0.311 e. The third-order valence-electron chi connectivity index (χ3n) is 4.49. The van der Waals surface area contributed by atoms with E-state index in [9.17, 15) is 22.0 Å². The van der Waals surface area contributed by atoms with Gasteiger partial charge in [0.1, 0.15) is 11.6 Å². The van der Waals surface area contributed by atoms with Gasteiger partial charge in [0.05, 0.1) is 10.6 Å². The molecule has 1 aliphatic rings. The Morgan fingerprint density at radius 3 is 2.61 bits per heavy atom. The molecule has 0 aliphatic carbocycles. The molecule has 0 aromatic heterocycles. The van der Waals surface area contributed by atoms with Crippen molar-refractivity contribution in [2.75, 3.05) is 31.3 Å². The van der Waals surface area contributed by atoms with Crippen molar-refractivity contribution in [2.45, 2.75) is 22.6 Å². The van der Waals surface area contributed by atoms with Crippen molar-refractivity contribution in [1.82, 2.24) is 4.31 Å². The van der Waals surface area contributed by atoms with Crippen molar-refractivity contribution in [3.05, 3.63) is 53.6 Å². The van der Waals surface area contributed by atoms with E-state index in [2.05, 4.69) is 0 Å². The molecule has 0 saturated heterocycles. The van der Waals surface area contributed by atoms with Gasteiger partial charge in [-0.1, -0.05) is 0 Å². The summed E-state index contributed by atoms with van der Waals surface area (Å²) >= 11 is 1.01. The highest BCUT2D eigenvalue weighted by Crippen LogP contribution is 2.31. The van der Waals surface area contributed by atoms with Gasteiger partial charge in [-0.15, -0.1) is 11.8 Å². The van der Waals surface area contributed by atoms with Crippen LogP contribution < -0.4 is 4.90 Å². The Labute approximate surface area is 167 Å². The number of rotatable bonds is 5. The summed E-state index contributed by atoms with van der Waals surface area (Å²) in [5.74, 6) is -1.57. The molecule has 0 fully saturated rings. The topological polar surface area (TPSA) is 57.7 Å². The van der Waals surface area contributed by atoms with Crippen molar-refractivity contribution >= 4 is 33.4 Å². The Morgan fingerprint density at radius 2 is 1.93 bits per heavy atom. The lowest BCUT2D eigenvalue weighted by Crippen LogP contribution is -2.36. The van der Waals surface area contributed by atoms with Crippen LogP contribution in [0, 0.1) is 11.6 Å². The number of thioether (sulfide) groups is 1. The second-order valence-corrected chi connectivity index (χ2v) is 9.76. The molecule has 5 nitrogen and oxygen atoms in total. The highest BCUT2D eigenvalue weighted by Gasteiger charge is 2.25. The quantitative estimate of drug-likeness (QED) is 0.689. The van der Waals surface area contributed by atoms with Crippen LogP contribution in [-0.2, 0) is 21.2 Å². The highest BCUT2D eigenvalue weighted by molar-refractivity contribution is 8.00. The second-order valence-electron chi connectivity index (χ2n) is 6.59. The number of hydrogen-bond acceptors (Lipinski definition) is 4. The Balaban J connectivity index is 1.79. The van der Waals surface area contributed by atoms with Gasteiger partial charge < -0.3 is 4.90 Å². The van der Waals surface area contributed by atoms with Gasteiger partial charge in [-0.3, -0.25) is 4.79 Å². The largest absolute Gasteiger partial charge is 0.311 e. The summed E-state index contributed by atoms with van der Waals surface area (Å²) in [5.41, 5.74) is 1.47. The molecule has 0 saturated carbocycles. The first kappa shape index (κ1) is 20.8. The Bertz CT molecular complexity index is 1010. The van der Waals surface area contributed by atoms with Crippen molar-refractivity contribution in [3.63, 3.8) is 0 Å². The van der Waals surface area contributed by atoms with E-state index in [-0.39, 0.29) is 21.5 Å². The number of hydrogen-bond donors (Lipinski definition) is 0. The first-order valence-corrected chi connectivity index (χ1v) is 11.1. The molecule has 0 atom stereocenters. The van der Waals surface area contributed by atoms with Gasteiger partial charge in [0.15, 0.2) is 0 Å². The summed E-state index contributed by atoms with van der Waals surface area (Å²) in [6.07, 6.45) is 1.38. The SMILES string of the molecule is CN(C)S(=O)(=O)c1ccc2c(c1)CCCN2C(=O)CSc1ccc(F)cc1F. The van der Waals surface area contributed by atoms with Crippen LogP contribution in [0.25, 0.3) is 0 Å². The van der Waals surface area contributed by atoms with Crippen LogP contribution in [0.4, 0.5) is 14.5 Å². The smallest absolute Gasteiger partial charge is 0.242 e. The van der Waals surface area contributed by atoms with E-state index in [0.717, 1.165) is 33.8 Å². The van der Waals surface area contributed by atoms with Crippen molar-refractivity contribution in [2.24, 2.45) is 0 Å². The van der Waals surface area contributed by atoms with Gasteiger partial charge in [-0.2, -0.15) is 0 Å². The maximum atomic E-state index is 13.8. The number of aryl methyl sites for hydroxylation is 1. The van der Waals surface area contributed by atoms with E-state index in [0.29, 0.717) is 25.1 Å². The van der Waals surface area contributed by atoms with Gasteiger partial charge in [0.2, 0.25) is 15.9 Å². The Hall–Kier alpha value is -1.97. The Morgan fingerprint density at radius 1 is 1.18 bits per heavy atom. The maximum absolute atomic E-state index is 13.8. The number of sulfonamides is 1. The highest BCUT2D eigenvalue weighted by atomic mass is 32.2. The second kappa shape index (κ2) is 8.18. The summed E-state index contributed by atoms with van der Waals surface area (Å²) in [5, 5.41) is 0. The molecule has 0 N–H and O–H groups in total. The van der Waals surface area contributed by atoms with Gasteiger partial charge in [-0.25, -0.2) is 21.5 Å². The number of amides is 1. The molecule has 28 heavy (non-hydrogen) atoms. The molecule has 0 spiro atoms. The average molecular weight is 427 g/mol. The molecular formula is C19H20F2N2O3S2. The van der Waals surface area contributed by atoms with E-state index in [1.54, 1.807) is 17.0 Å². The third kappa shape index (κ3) is 4.21. The summed E-state index contributed by atoms with van der Waals surface area (Å²) in [6, 6.07) is 8.00. The van der Waals surface area contributed by atoms with Crippen LogP contribution in [0.2, 0.25) is 0 Å². The van der Waals surface area contributed by atoms with Crippen molar-refractivity contribution in [3.8, 4) is 0 Å². The number of nitrogens with zero attached hydrogens (tertiary/aromatic N) is 2. The summed E-state index contributed by atoms with van der Waals surface area (Å²) in [4.78, 5) is 14.7. The van der Waals surface area contributed by atoms with E-state index in [1.807, 2.05) is 0 Å². The van der Waals surface area contributed by atoms with E-state index < -0.39 is 21.7 Å². The number of benzene rings is 2. The number of halogens is 2. The zero-order chi connectivity index (χ0) is 20.5. The first-order valence-electron chi connectivity index (χ1n) is 8.64. The summed E-state index contributed by atoms with van der Waals surface area (Å²) < 4.78 is 52.6. The van der Waals surface area contributed by atoms with E-state index >= 15 is 0 Å². The molecule has 1 amide bonds. The fraction of sp³-hybridized carbons (Fsp3) is 0.316. The minimum atomic E-state index is -3.55. The molecule has 3 rings (SSSR count). The monoisotopic (exact) mass is 426 g/mol. The van der Waals surface area contributed by atoms with Gasteiger partial charge in [0.25, 0.3) is 0 Å². The standard InChI is InChI=1S/C19H20F2N2O3S2/c1-22(2)28(25,26)15-6-7-17-13(10-15)4-3-9-23(17)19(24)12-27-18-8-5-14(20)11-16(18)21/h5-8,10-11H,3-4,9,12H2,1-2H3. The molecular weight excluding hydrogens is 406 g/mol. The van der Waals surface area contributed by atoms with E-state index in [1.165, 1.54) is 26.2 Å². The minimum absolute atomic E-state index is 0.000258. The predicted octanol–water partition coefficient (Wildman–Crippen LogP) is 3.29. The normalized spacial score (nSPS) is 14.2. The average Bonchev–Trinajstić information content (AvgIpc) is 2.66. The number of fused-ring (bicyclic) bond motifs is 1. The van der Waals surface area contributed by atoms with Gasteiger partial charge in [0, 0.05) is 37.3 Å². The lowest BCUT2D eigenvalue weighted by molar-refractivity contribution is -0.116. The fourth-order valence-corrected chi connectivity index (χ4v) is 4.76.